The SMILES string of the molecule is CCCc1nc2cc(F)c(OC)cc2cc1Cc1c(=O)[nH]c(CCC)c2cc(OC)c(OC)cc12. The van der Waals surface area contributed by atoms with Crippen LogP contribution in [0.1, 0.15) is 49.2 Å². The van der Waals surface area contributed by atoms with Crippen molar-refractivity contribution in [1.29, 1.82) is 0 Å². The van der Waals surface area contributed by atoms with E-state index in [1.165, 1.54) is 13.2 Å². The number of nitrogens with zero attached hydrogens (tertiary/aromatic N) is 1. The molecule has 6 nitrogen and oxygen atoms in total. The lowest BCUT2D eigenvalue weighted by molar-refractivity contribution is 0.356. The molecular weight excluding hydrogens is 447 g/mol. The van der Waals surface area contributed by atoms with Crippen molar-refractivity contribution in [2.75, 3.05) is 21.3 Å². The summed E-state index contributed by atoms with van der Waals surface area (Å²) in [6.45, 7) is 4.15. The molecule has 0 amide bonds. The lowest BCUT2D eigenvalue weighted by Gasteiger charge is -2.16. The summed E-state index contributed by atoms with van der Waals surface area (Å²) < 4.78 is 30.6. The topological polar surface area (TPSA) is 73.4 Å². The van der Waals surface area contributed by atoms with Crippen LogP contribution in [0.25, 0.3) is 21.7 Å². The molecule has 2 aromatic carbocycles. The average Bonchev–Trinajstić information content (AvgIpc) is 2.85. The highest BCUT2D eigenvalue weighted by Gasteiger charge is 2.18. The summed E-state index contributed by atoms with van der Waals surface area (Å²) in [4.78, 5) is 21.2. The number of hydrogen-bond acceptors (Lipinski definition) is 5. The van der Waals surface area contributed by atoms with E-state index in [0.29, 0.717) is 29.0 Å². The fourth-order valence-corrected chi connectivity index (χ4v) is 4.62. The van der Waals surface area contributed by atoms with Gasteiger partial charge in [-0.3, -0.25) is 9.78 Å². The molecule has 0 radical (unpaired) electrons. The van der Waals surface area contributed by atoms with E-state index in [1.54, 1.807) is 20.3 Å². The summed E-state index contributed by atoms with van der Waals surface area (Å²) in [5.74, 6) is 0.902. The second-order valence-corrected chi connectivity index (χ2v) is 8.61. The molecule has 0 unspecified atom stereocenters. The third-order valence-corrected chi connectivity index (χ3v) is 6.32. The van der Waals surface area contributed by atoms with Gasteiger partial charge in [0, 0.05) is 40.2 Å². The van der Waals surface area contributed by atoms with Crippen LogP contribution in [0.3, 0.4) is 0 Å². The quantitative estimate of drug-likeness (QED) is 0.332. The van der Waals surface area contributed by atoms with Crippen LogP contribution in [-0.2, 0) is 19.3 Å². The van der Waals surface area contributed by atoms with Gasteiger partial charge in [-0.2, -0.15) is 0 Å². The molecule has 4 aromatic rings. The van der Waals surface area contributed by atoms with Crippen molar-refractivity contribution >= 4 is 21.7 Å². The average molecular weight is 479 g/mol. The Labute approximate surface area is 204 Å². The van der Waals surface area contributed by atoms with E-state index in [2.05, 4.69) is 18.8 Å². The Morgan fingerprint density at radius 3 is 2.14 bits per heavy atom. The Hall–Kier alpha value is -3.61. The first-order valence-electron chi connectivity index (χ1n) is 11.9. The van der Waals surface area contributed by atoms with Crippen molar-refractivity contribution < 1.29 is 18.6 Å². The van der Waals surface area contributed by atoms with Gasteiger partial charge in [-0.1, -0.05) is 26.7 Å². The largest absolute Gasteiger partial charge is 0.494 e. The molecule has 0 atom stereocenters. The molecule has 7 heteroatoms. The van der Waals surface area contributed by atoms with Crippen LogP contribution in [-0.4, -0.2) is 31.3 Å². The van der Waals surface area contributed by atoms with E-state index in [0.717, 1.165) is 58.8 Å². The molecule has 0 fully saturated rings. The van der Waals surface area contributed by atoms with E-state index >= 15 is 0 Å². The fourth-order valence-electron chi connectivity index (χ4n) is 4.62. The number of H-pyrrole nitrogens is 1. The molecule has 0 aliphatic carbocycles. The number of aromatic amines is 1. The Balaban J connectivity index is 1.95. The summed E-state index contributed by atoms with van der Waals surface area (Å²) in [6.07, 6.45) is 3.62. The summed E-state index contributed by atoms with van der Waals surface area (Å²) in [5, 5.41) is 2.53. The molecule has 0 aliphatic rings. The van der Waals surface area contributed by atoms with E-state index < -0.39 is 5.82 Å². The van der Waals surface area contributed by atoms with Gasteiger partial charge >= 0.3 is 0 Å². The van der Waals surface area contributed by atoms with Crippen LogP contribution >= 0.6 is 0 Å². The highest BCUT2D eigenvalue weighted by molar-refractivity contribution is 5.91. The van der Waals surface area contributed by atoms with Crippen molar-refractivity contribution in [2.45, 2.75) is 46.0 Å². The van der Waals surface area contributed by atoms with Gasteiger partial charge in [-0.05, 0) is 48.1 Å². The molecule has 2 aromatic heterocycles. The third-order valence-electron chi connectivity index (χ3n) is 6.32. The number of pyridine rings is 2. The summed E-state index contributed by atoms with van der Waals surface area (Å²) >= 11 is 0. The molecule has 35 heavy (non-hydrogen) atoms. The lowest BCUT2D eigenvalue weighted by Crippen LogP contribution is -2.17. The normalized spacial score (nSPS) is 11.3. The number of methoxy groups -OCH3 is 3. The van der Waals surface area contributed by atoms with Crippen LogP contribution in [0, 0.1) is 5.82 Å². The lowest BCUT2D eigenvalue weighted by atomic mass is 9.95. The summed E-state index contributed by atoms with van der Waals surface area (Å²) in [7, 11) is 4.63. The van der Waals surface area contributed by atoms with Gasteiger partial charge in [0.25, 0.3) is 5.56 Å². The van der Waals surface area contributed by atoms with Crippen molar-refractivity contribution in [3.63, 3.8) is 0 Å². The minimum Gasteiger partial charge on any atom is -0.494 e. The number of halogens is 1. The number of nitrogens with one attached hydrogen (secondary N) is 1. The molecule has 4 rings (SSSR count). The Kier molecular flexibility index (Phi) is 7.24. The molecule has 0 aliphatic heterocycles. The van der Waals surface area contributed by atoms with E-state index in [-0.39, 0.29) is 11.3 Å². The smallest absolute Gasteiger partial charge is 0.252 e. The van der Waals surface area contributed by atoms with Gasteiger partial charge in [0.05, 0.1) is 26.8 Å². The molecule has 2 heterocycles. The van der Waals surface area contributed by atoms with Crippen molar-refractivity contribution in [3.05, 3.63) is 69.0 Å². The Morgan fingerprint density at radius 1 is 0.857 bits per heavy atom. The van der Waals surface area contributed by atoms with Crippen LogP contribution < -0.4 is 19.8 Å². The molecule has 0 saturated carbocycles. The zero-order valence-corrected chi connectivity index (χ0v) is 20.9. The predicted molar refractivity (Wildman–Crippen MR) is 137 cm³/mol. The maximum absolute atomic E-state index is 14.3. The molecule has 0 saturated heterocycles. The van der Waals surface area contributed by atoms with Gasteiger partial charge in [-0.15, -0.1) is 0 Å². The molecule has 1 N–H and O–H groups in total. The van der Waals surface area contributed by atoms with Crippen LogP contribution in [0.4, 0.5) is 4.39 Å². The maximum Gasteiger partial charge on any atom is 0.252 e. The van der Waals surface area contributed by atoms with Crippen LogP contribution in [0.2, 0.25) is 0 Å². The zero-order valence-electron chi connectivity index (χ0n) is 20.9. The Bertz CT molecular complexity index is 1450. The number of hydrogen-bond donors (Lipinski definition) is 1. The fraction of sp³-hybridized carbons (Fsp3) is 0.357. The molecular formula is C28H31FN2O4. The number of aryl methyl sites for hydroxylation is 2. The monoisotopic (exact) mass is 478 g/mol. The van der Waals surface area contributed by atoms with E-state index in [4.69, 9.17) is 19.2 Å². The minimum absolute atomic E-state index is 0.132. The first kappa shape index (κ1) is 24.5. The van der Waals surface area contributed by atoms with Gasteiger partial charge in [0.15, 0.2) is 23.1 Å². The van der Waals surface area contributed by atoms with E-state index in [9.17, 15) is 9.18 Å². The van der Waals surface area contributed by atoms with Crippen molar-refractivity contribution in [3.8, 4) is 17.2 Å². The number of rotatable bonds is 9. The molecule has 0 bridgehead atoms. The summed E-state index contributed by atoms with van der Waals surface area (Å²) in [5.41, 5.74) is 3.73. The van der Waals surface area contributed by atoms with E-state index in [1.807, 2.05) is 18.2 Å². The standard InChI is InChI=1S/C28H31FN2O4/c1-6-8-22-16(10-17-12-25(33-3)21(29)15-24(17)30-22)11-20-18-13-26(34-4)27(35-5)14-19(18)23(9-7-2)31-28(20)32/h10,12-15H,6-9,11H2,1-5H3,(H,31,32). The number of aromatic nitrogens is 2. The number of benzene rings is 2. The highest BCUT2D eigenvalue weighted by Crippen LogP contribution is 2.35. The molecule has 184 valence electrons. The van der Waals surface area contributed by atoms with Crippen LogP contribution in [0.5, 0.6) is 17.2 Å². The third kappa shape index (κ3) is 4.67. The second kappa shape index (κ2) is 10.3. The summed E-state index contributed by atoms with van der Waals surface area (Å²) in [6, 6.07) is 8.84. The Morgan fingerprint density at radius 2 is 1.51 bits per heavy atom. The first-order chi connectivity index (χ1) is 16.9. The first-order valence-corrected chi connectivity index (χ1v) is 11.9. The van der Waals surface area contributed by atoms with Gasteiger partial charge in [0.1, 0.15) is 0 Å². The molecule has 0 spiro atoms. The van der Waals surface area contributed by atoms with Gasteiger partial charge in [0.2, 0.25) is 0 Å². The number of fused-ring (bicyclic) bond motifs is 2. The zero-order chi connectivity index (χ0) is 25.1. The van der Waals surface area contributed by atoms with Crippen molar-refractivity contribution in [1.82, 2.24) is 9.97 Å². The van der Waals surface area contributed by atoms with Crippen LogP contribution in [0.15, 0.2) is 35.1 Å². The van der Waals surface area contributed by atoms with Crippen molar-refractivity contribution in [2.24, 2.45) is 0 Å². The van der Waals surface area contributed by atoms with Gasteiger partial charge < -0.3 is 19.2 Å². The second-order valence-electron chi connectivity index (χ2n) is 8.61. The minimum atomic E-state index is -0.447. The number of ether oxygens (including phenoxy) is 3. The highest BCUT2D eigenvalue weighted by atomic mass is 19.1. The maximum atomic E-state index is 14.3. The predicted octanol–water partition coefficient (Wildman–Crippen LogP) is 5.74. The van der Waals surface area contributed by atoms with Gasteiger partial charge in [-0.25, -0.2) is 4.39 Å².